The van der Waals surface area contributed by atoms with E-state index in [-0.39, 0.29) is 11.9 Å². The molecule has 3 aromatic rings. The molecule has 0 aliphatic rings. The van der Waals surface area contributed by atoms with Crippen molar-refractivity contribution in [3.8, 4) is 11.4 Å². The zero-order valence-electron chi connectivity index (χ0n) is 14.4. The third kappa shape index (κ3) is 3.59. The molecule has 3 N–H and O–H groups in total. The Morgan fingerprint density at radius 2 is 1.81 bits per heavy atom. The molecule has 8 heteroatoms. The van der Waals surface area contributed by atoms with Crippen LogP contribution in [0.4, 0.5) is 5.69 Å². The van der Waals surface area contributed by atoms with Gasteiger partial charge >= 0.3 is 0 Å². The van der Waals surface area contributed by atoms with E-state index >= 15 is 0 Å². The van der Waals surface area contributed by atoms with E-state index in [0.717, 1.165) is 5.56 Å². The fraction of sp³-hybridized carbons (Fsp3) is 0.167. The fourth-order valence-corrected chi connectivity index (χ4v) is 2.45. The number of anilines is 1. The summed E-state index contributed by atoms with van der Waals surface area (Å²) in [6.07, 6.45) is 0. The normalized spacial score (nSPS) is 10.7. The van der Waals surface area contributed by atoms with E-state index in [2.05, 4.69) is 20.8 Å². The Bertz CT molecular complexity index is 946. The third-order valence-corrected chi connectivity index (χ3v) is 3.79. The maximum Gasteiger partial charge on any atom is 0.255 e. The molecule has 0 unspecified atom stereocenters. The van der Waals surface area contributed by atoms with Gasteiger partial charge in [-0.05, 0) is 60.7 Å². The minimum absolute atomic E-state index is 0.0984. The Kier molecular flexibility index (Phi) is 4.74. The van der Waals surface area contributed by atoms with Crippen molar-refractivity contribution in [2.75, 3.05) is 5.32 Å². The summed E-state index contributed by atoms with van der Waals surface area (Å²) in [5.74, 6) is -0.193. The summed E-state index contributed by atoms with van der Waals surface area (Å²) in [6, 6.07) is 13.5. The second-order valence-electron chi connectivity index (χ2n) is 6.02. The van der Waals surface area contributed by atoms with Crippen LogP contribution in [0, 0.1) is 0 Å². The molecule has 1 aromatic heterocycles. The average Bonchev–Trinajstić information content (AvgIpc) is 3.12. The monoisotopic (exact) mass is 350 g/mol. The summed E-state index contributed by atoms with van der Waals surface area (Å²) in [5, 5.41) is 14.5. The highest BCUT2D eigenvalue weighted by atomic mass is 16.2. The first-order valence-electron chi connectivity index (χ1n) is 8.05. The average molecular weight is 350 g/mol. The summed E-state index contributed by atoms with van der Waals surface area (Å²) >= 11 is 0. The van der Waals surface area contributed by atoms with Crippen molar-refractivity contribution < 1.29 is 9.59 Å². The van der Waals surface area contributed by atoms with Crippen LogP contribution in [-0.4, -0.2) is 32.0 Å². The number of amides is 2. The molecular weight excluding hydrogens is 332 g/mol. The molecule has 8 nitrogen and oxygen atoms in total. The maximum absolute atomic E-state index is 12.5. The van der Waals surface area contributed by atoms with Gasteiger partial charge in [-0.15, -0.1) is 5.10 Å². The predicted octanol–water partition coefficient (Wildman–Crippen LogP) is 2.27. The van der Waals surface area contributed by atoms with Gasteiger partial charge in [0.25, 0.3) is 5.91 Å². The predicted molar refractivity (Wildman–Crippen MR) is 96.6 cm³/mol. The minimum atomic E-state index is -0.515. The number of rotatable bonds is 5. The van der Waals surface area contributed by atoms with Crippen molar-refractivity contribution in [2.24, 2.45) is 5.73 Å². The molecule has 1 heterocycles. The third-order valence-electron chi connectivity index (χ3n) is 3.79. The number of primary amides is 1. The Morgan fingerprint density at radius 1 is 1.08 bits per heavy atom. The molecule has 132 valence electrons. The number of nitrogens with zero attached hydrogens (tertiary/aromatic N) is 4. The van der Waals surface area contributed by atoms with Crippen LogP contribution in [0.3, 0.4) is 0 Å². The molecule has 0 spiro atoms. The van der Waals surface area contributed by atoms with Crippen molar-refractivity contribution in [1.82, 2.24) is 20.2 Å². The van der Waals surface area contributed by atoms with Crippen LogP contribution < -0.4 is 11.1 Å². The zero-order valence-corrected chi connectivity index (χ0v) is 14.4. The highest BCUT2D eigenvalue weighted by molar-refractivity contribution is 6.05. The molecule has 3 rings (SSSR count). The second kappa shape index (κ2) is 7.14. The van der Waals surface area contributed by atoms with Crippen molar-refractivity contribution >= 4 is 17.5 Å². The van der Waals surface area contributed by atoms with Crippen molar-refractivity contribution in [1.29, 1.82) is 0 Å². The molecule has 2 aromatic carbocycles. The molecule has 0 radical (unpaired) electrons. The lowest BCUT2D eigenvalue weighted by atomic mass is 10.1. The van der Waals surface area contributed by atoms with Gasteiger partial charge in [0.1, 0.15) is 0 Å². The molecule has 0 aliphatic heterocycles. The van der Waals surface area contributed by atoms with Gasteiger partial charge in [-0.1, -0.05) is 12.1 Å². The number of aromatic nitrogens is 4. The molecule has 0 atom stereocenters. The van der Waals surface area contributed by atoms with E-state index < -0.39 is 5.91 Å². The summed E-state index contributed by atoms with van der Waals surface area (Å²) in [4.78, 5) is 23.6. The standard InChI is InChI=1S/C18H18N6O2/c1-11(2)24-17(21-22-23-24)13-4-3-5-14(10-13)18(26)20-15-8-6-12(7-9-15)16(19)25/h3-11H,1-2H3,(H2,19,25)(H,20,26). The van der Waals surface area contributed by atoms with E-state index in [1.807, 2.05) is 19.9 Å². The van der Waals surface area contributed by atoms with E-state index in [0.29, 0.717) is 22.6 Å². The molecule has 2 amide bonds. The number of tetrazole rings is 1. The quantitative estimate of drug-likeness (QED) is 0.732. The Balaban J connectivity index is 1.82. The first-order chi connectivity index (χ1) is 12.5. The number of carbonyl (C=O) groups excluding carboxylic acids is 2. The van der Waals surface area contributed by atoms with Crippen molar-refractivity contribution in [2.45, 2.75) is 19.9 Å². The summed E-state index contributed by atoms with van der Waals surface area (Å²) in [6.45, 7) is 3.96. The van der Waals surface area contributed by atoms with Gasteiger partial charge in [0.2, 0.25) is 5.91 Å². The van der Waals surface area contributed by atoms with Crippen LogP contribution in [0.1, 0.15) is 40.6 Å². The Morgan fingerprint density at radius 3 is 2.46 bits per heavy atom. The zero-order chi connectivity index (χ0) is 18.7. The smallest absolute Gasteiger partial charge is 0.255 e. The number of benzene rings is 2. The van der Waals surface area contributed by atoms with Gasteiger partial charge in [-0.25, -0.2) is 4.68 Å². The molecule has 0 aliphatic carbocycles. The van der Waals surface area contributed by atoms with E-state index in [1.165, 1.54) is 0 Å². The molecule has 26 heavy (non-hydrogen) atoms. The van der Waals surface area contributed by atoms with E-state index in [1.54, 1.807) is 47.1 Å². The molecule has 0 bridgehead atoms. The molecule has 0 saturated carbocycles. The van der Waals surface area contributed by atoms with Crippen LogP contribution in [0.15, 0.2) is 48.5 Å². The molecule has 0 saturated heterocycles. The van der Waals surface area contributed by atoms with Crippen LogP contribution in [0.25, 0.3) is 11.4 Å². The van der Waals surface area contributed by atoms with Crippen LogP contribution in [-0.2, 0) is 0 Å². The number of hydrogen-bond donors (Lipinski definition) is 2. The number of hydrogen-bond acceptors (Lipinski definition) is 5. The van der Waals surface area contributed by atoms with Crippen LogP contribution >= 0.6 is 0 Å². The first kappa shape index (κ1) is 17.3. The lowest BCUT2D eigenvalue weighted by Crippen LogP contribution is -2.13. The van der Waals surface area contributed by atoms with Crippen LogP contribution in [0.5, 0.6) is 0 Å². The summed E-state index contributed by atoms with van der Waals surface area (Å²) in [7, 11) is 0. The van der Waals surface area contributed by atoms with Gasteiger partial charge in [0.15, 0.2) is 5.82 Å². The lowest BCUT2D eigenvalue weighted by molar-refractivity contribution is 0.0998. The fourth-order valence-electron chi connectivity index (χ4n) is 2.45. The van der Waals surface area contributed by atoms with Crippen molar-refractivity contribution in [3.05, 3.63) is 59.7 Å². The van der Waals surface area contributed by atoms with Gasteiger partial charge in [-0.2, -0.15) is 0 Å². The largest absolute Gasteiger partial charge is 0.366 e. The van der Waals surface area contributed by atoms with Crippen molar-refractivity contribution in [3.63, 3.8) is 0 Å². The topological polar surface area (TPSA) is 116 Å². The van der Waals surface area contributed by atoms with Gasteiger partial charge in [0.05, 0.1) is 6.04 Å². The number of nitrogens with one attached hydrogen (secondary N) is 1. The minimum Gasteiger partial charge on any atom is -0.366 e. The SMILES string of the molecule is CC(C)n1nnnc1-c1cccc(C(=O)Nc2ccc(C(N)=O)cc2)c1. The summed E-state index contributed by atoms with van der Waals surface area (Å²) in [5.41, 5.74) is 7.38. The second-order valence-corrected chi connectivity index (χ2v) is 6.02. The molecule has 0 fully saturated rings. The van der Waals surface area contributed by atoms with E-state index in [4.69, 9.17) is 5.73 Å². The molecular formula is C18H18N6O2. The number of nitrogens with two attached hydrogens (primary N) is 1. The van der Waals surface area contributed by atoms with E-state index in [9.17, 15) is 9.59 Å². The Labute approximate surface area is 150 Å². The van der Waals surface area contributed by atoms with Gasteiger partial charge in [0, 0.05) is 22.4 Å². The first-order valence-corrected chi connectivity index (χ1v) is 8.05. The number of carbonyl (C=O) groups is 2. The lowest BCUT2D eigenvalue weighted by Gasteiger charge is -2.09. The van der Waals surface area contributed by atoms with Gasteiger partial charge < -0.3 is 11.1 Å². The Hall–Kier alpha value is -3.55. The van der Waals surface area contributed by atoms with Crippen LogP contribution in [0.2, 0.25) is 0 Å². The van der Waals surface area contributed by atoms with Gasteiger partial charge in [-0.3, -0.25) is 9.59 Å². The highest BCUT2D eigenvalue weighted by Gasteiger charge is 2.14. The summed E-state index contributed by atoms with van der Waals surface area (Å²) < 4.78 is 1.69. The highest BCUT2D eigenvalue weighted by Crippen LogP contribution is 2.21. The maximum atomic E-state index is 12.5.